The van der Waals surface area contributed by atoms with Crippen LogP contribution in [0.1, 0.15) is 26.2 Å². The van der Waals surface area contributed by atoms with Crippen LogP contribution in [0.3, 0.4) is 0 Å². The summed E-state index contributed by atoms with van der Waals surface area (Å²) in [4.78, 5) is 16.1. The van der Waals surface area contributed by atoms with Crippen molar-refractivity contribution in [2.45, 2.75) is 26.2 Å². The fourth-order valence-corrected chi connectivity index (χ4v) is 0.734. The Kier molecular flexibility index (Phi) is 5.72. The second-order valence-electron chi connectivity index (χ2n) is 2.37. The summed E-state index contributed by atoms with van der Waals surface area (Å²) in [5.74, 6) is -0.0649. The van der Waals surface area contributed by atoms with Crippen LogP contribution in [-0.2, 0) is 4.79 Å². The van der Waals surface area contributed by atoms with Crippen molar-refractivity contribution in [1.29, 1.82) is 0 Å². The molecule has 0 saturated carbocycles. The second-order valence-corrected chi connectivity index (χ2v) is 2.37. The third-order valence-corrected chi connectivity index (χ3v) is 1.38. The van der Waals surface area contributed by atoms with Crippen molar-refractivity contribution in [2.75, 3.05) is 7.05 Å². The summed E-state index contributed by atoms with van der Waals surface area (Å²) in [6, 6.07) is 2.25. The Morgan fingerprint density at radius 1 is 1.75 bits per heavy atom. The molecular formula is C9H14N2O. The molecule has 0 spiro atoms. The molecule has 0 saturated heterocycles. The van der Waals surface area contributed by atoms with Gasteiger partial charge in [-0.2, -0.15) is 0 Å². The average molecular weight is 166 g/mol. The highest BCUT2D eigenvalue weighted by Gasteiger charge is 2.06. The van der Waals surface area contributed by atoms with Gasteiger partial charge in [-0.15, -0.1) is 0 Å². The third-order valence-electron chi connectivity index (χ3n) is 1.38. The quantitative estimate of drug-likeness (QED) is 0.268. The number of unbranched alkanes of at least 4 members (excludes halogenated alkanes) is 1. The van der Waals surface area contributed by atoms with E-state index in [2.05, 4.69) is 11.0 Å². The molecule has 3 heteroatoms. The van der Waals surface area contributed by atoms with Crippen LogP contribution in [0.2, 0.25) is 0 Å². The van der Waals surface area contributed by atoms with Crippen molar-refractivity contribution in [2.24, 2.45) is 4.99 Å². The van der Waals surface area contributed by atoms with Crippen molar-refractivity contribution in [3.05, 3.63) is 0 Å². The standard InChI is InChI=1S/C9H14N2O/c1-4-6-7-9(12)11(5-2)8-10-3/h2,8H,4,6-7H2,1,3H3. The molecule has 0 atom stereocenters. The zero-order valence-corrected chi connectivity index (χ0v) is 7.58. The van der Waals surface area contributed by atoms with Crippen LogP contribution in [0.15, 0.2) is 4.99 Å². The molecule has 3 nitrogen and oxygen atoms in total. The number of terminal acetylenes is 1. The molecule has 0 fully saturated rings. The zero-order valence-electron chi connectivity index (χ0n) is 7.58. The highest BCUT2D eigenvalue weighted by atomic mass is 16.2. The predicted molar refractivity (Wildman–Crippen MR) is 49.6 cm³/mol. The summed E-state index contributed by atoms with van der Waals surface area (Å²) in [5, 5.41) is 0. The lowest BCUT2D eigenvalue weighted by molar-refractivity contribution is -0.125. The van der Waals surface area contributed by atoms with E-state index >= 15 is 0 Å². The molecule has 0 aromatic carbocycles. The van der Waals surface area contributed by atoms with Gasteiger partial charge in [0.2, 0.25) is 5.91 Å². The van der Waals surface area contributed by atoms with Gasteiger partial charge in [0.25, 0.3) is 0 Å². The predicted octanol–water partition coefficient (Wildman–Crippen LogP) is 1.25. The Morgan fingerprint density at radius 3 is 2.83 bits per heavy atom. The number of aliphatic imine (C=N–C) groups is 1. The van der Waals surface area contributed by atoms with Crippen molar-refractivity contribution < 1.29 is 4.79 Å². The second kappa shape index (κ2) is 6.41. The van der Waals surface area contributed by atoms with Gasteiger partial charge in [0.15, 0.2) is 0 Å². The van der Waals surface area contributed by atoms with Crippen LogP contribution in [0.25, 0.3) is 0 Å². The zero-order chi connectivity index (χ0) is 9.40. The Bertz CT molecular complexity index is 203. The lowest BCUT2D eigenvalue weighted by atomic mass is 10.2. The topological polar surface area (TPSA) is 32.7 Å². The van der Waals surface area contributed by atoms with Crippen LogP contribution >= 0.6 is 0 Å². The van der Waals surface area contributed by atoms with E-state index in [1.165, 1.54) is 11.2 Å². The fraction of sp³-hybridized carbons (Fsp3) is 0.556. The summed E-state index contributed by atoms with van der Waals surface area (Å²) in [7, 11) is 1.58. The maximum atomic E-state index is 11.2. The van der Waals surface area contributed by atoms with E-state index in [1.54, 1.807) is 7.05 Å². The van der Waals surface area contributed by atoms with Gasteiger partial charge in [0.05, 0.1) is 0 Å². The van der Waals surface area contributed by atoms with Gasteiger partial charge in [-0.1, -0.05) is 19.8 Å². The molecule has 0 aromatic heterocycles. The number of hydrogen-bond donors (Lipinski definition) is 0. The van der Waals surface area contributed by atoms with E-state index in [9.17, 15) is 4.79 Å². The first-order valence-corrected chi connectivity index (χ1v) is 3.96. The molecule has 66 valence electrons. The van der Waals surface area contributed by atoms with E-state index in [0.717, 1.165) is 12.8 Å². The van der Waals surface area contributed by atoms with Gasteiger partial charge >= 0.3 is 0 Å². The first-order chi connectivity index (χ1) is 5.76. The van der Waals surface area contributed by atoms with Gasteiger partial charge in [-0.05, 0) is 6.42 Å². The molecule has 0 radical (unpaired) electrons. The van der Waals surface area contributed by atoms with Gasteiger partial charge in [0.1, 0.15) is 6.34 Å². The van der Waals surface area contributed by atoms with Gasteiger partial charge in [-0.3, -0.25) is 9.79 Å². The third kappa shape index (κ3) is 3.77. The maximum absolute atomic E-state index is 11.2. The highest BCUT2D eigenvalue weighted by molar-refractivity contribution is 5.89. The molecular weight excluding hydrogens is 152 g/mol. The van der Waals surface area contributed by atoms with Gasteiger partial charge in [-0.25, -0.2) is 4.90 Å². The van der Waals surface area contributed by atoms with Crippen LogP contribution in [0.5, 0.6) is 0 Å². The number of amides is 1. The first-order valence-electron chi connectivity index (χ1n) is 3.96. The normalized spacial score (nSPS) is 9.75. The molecule has 0 aliphatic rings. The minimum absolute atomic E-state index is 0.0649. The first kappa shape index (κ1) is 10.7. The molecule has 0 aliphatic carbocycles. The molecule has 0 N–H and O–H groups in total. The van der Waals surface area contributed by atoms with E-state index in [0.29, 0.717) is 6.42 Å². The lowest BCUT2D eigenvalue weighted by Gasteiger charge is -2.07. The summed E-state index contributed by atoms with van der Waals surface area (Å²) in [6.07, 6.45) is 8.81. The lowest BCUT2D eigenvalue weighted by Crippen LogP contribution is -2.24. The number of carbonyl (C=O) groups excluding carboxylic acids is 1. The Balaban J connectivity index is 3.97. The van der Waals surface area contributed by atoms with Crippen molar-refractivity contribution in [3.8, 4) is 12.5 Å². The molecule has 0 unspecified atom stereocenters. The van der Waals surface area contributed by atoms with Crippen molar-refractivity contribution >= 4 is 12.2 Å². The molecule has 1 amide bonds. The molecule has 0 heterocycles. The minimum atomic E-state index is -0.0649. The Hall–Kier alpha value is -1.30. The van der Waals surface area contributed by atoms with E-state index < -0.39 is 0 Å². The van der Waals surface area contributed by atoms with Crippen molar-refractivity contribution in [1.82, 2.24) is 4.90 Å². The van der Waals surface area contributed by atoms with Crippen LogP contribution < -0.4 is 0 Å². The monoisotopic (exact) mass is 166 g/mol. The van der Waals surface area contributed by atoms with Crippen molar-refractivity contribution in [3.63, 3.8) is 0 Å². The number of hydrogen-bond acceptors (Lipinski definition) is 2. The van der Waals surface area contributed by atoms with Gasteiger partial charge in [0, 0.05) is 19.5 Å². The molecule has 0 aromatic rings. The average Bonchev–Trinajstić information content (AvgIpc) is 2.10. The highest BCUT2D eigenvalue weighted by Crippen LogP contribution is 1.97. The Morgan fingerprint density at radius 2 is 2.42 bits per heavy atom. The van der Waals surface area contributed by atoms with Crippen LogP contribution in [0, 0.1) is 12.5 Å². The number of rotatable bonds is 4. The fourth-order valence-electron chi connectivity index (χ4n) is 0.734. The molecule has 12 heavy (non-hydrogen) atoms. The van der Waals surface area contributed by atoms with Crippen LogP contribution in [-0.4, -0.2) is 24.2 Å². The van der Waals surface area contributed by atoms with E-state index in [1.807, 2.05) is 6.92 Å². The number of nitrogens with zero attached hydrogens (tertiary/aromatic N) is 2. The Labute approximate surface area is 73.5 Å². The van der Waals surface area contributed by atoms with E-state index in [-0.39, 0.29) is 5.91 Å². The van der Waals surface area contributed by atoms with E-state index in [4.69, 9.17) is 6.42 Å². The van der Waals surface area contributed by atoms with Crippen LogP contribution in [0.4, 0.5) is 0 Å². The minimum Gasteiger partial charge on any atom is -0.278 e. The molecule has 0 bridgehead atoms. The SMILES string of the molecule is C#CN(C=NC)C(=O)CCCC. The number of carbonyl (C=O) groups is 1. The summed E-state index contributed by atoms with van der Waals surface area (Å²) >= 11 is 0. The summed E-state index contributed by atoms with van der Waals surface area (Å²) in [5.41, 5.74) is 0. The summed E-state index contributed by atoms with van der Waals surface area (Å²) in [6.45, 7) is 2.03. The molecule has 0 aliphatic heterocycles. The molecule has 0 rings (SSSR count). The summed E-state index contributed by atoms with van der Waals surface area (Å²) < 4.78 is 0. The largest absolute Gasteiger partial charge is 0.278 e. The van der Waals surface area contributed by atoms with Gasteiger partial charge < -0.3 is 0 Å². The smallest absolute Gasteiger partial charge is 0.239 e. The maximum Gasteiger partial charge on any atom is 0.239 e.